The summed E-state index contributed by atoms with van der Waals surface area (Å²) in [7, 11) is 5.84. The Kier molecular flexibility index (Phi) is 6.06. The quantitative estimate of drug-likeness (QED) is 0.614. The second-order valence-electron chi connectivity index (χ2n) is 7.92. The number of nitrogens with zero attached hydrogens (tertiary/aromatic N) is 6. The van der Waals surface area contributed by atoms with Gasteiger partial charge in [0.2, 0.25) is 0 Å². The number of hydrogen-bond donors (Lipinski definition) is 0. The molecule has 1 aliphatic heterocycles. The van der Waals surface area contributed by atoms with Crippen molar-refractivity contribution in [1.29, 1.82) is 0 Å². The maximum absolute atomic E-state index is 5.25. The molecule has 154 valence electrons. The van der Waals surface area contributed by atoms with E-state index in [1.807, 2.05) is 24.8 Å². The lowest BCUT2D eigenvalue weighted by molar-refractivity contribution is 0.203. The minimum Gasteiger partial charge on any atom is -0.383 e. The molecule has 0 spiro atoms. The van der Waals surface area contributed by atoms with Crippen LogP contribution in [-0.2, 0) is 18.3 Å². The summed E-state index contributed by atoms with van der Waals surface area (Å²) in [6.45, 7) is 4.60. The zero-order valence-electron chi connectivity index (χ0n) is 17.6. The Balaban J connectivity index is 1.51. The first-order chi connectivity index (χ1) is 14.2. The Morgan fingerprint density at radius 3 is 2.83 bits per heavy atom. The van der Waals surface area contributed by atoms with Crippen molar-refractivity contribution in [3.63, 3.8) is 0 Å². The van der Waals surface area contributed by atoms with Gasteiger partial charge in [0, 0.05) is 58.3 Å². The summed E-state index contributed by atoms with van der Waals surface area (Å²) in [5.41, 5.74) is 4.57. The number of fused-ring (bicyclic) bond motifs is 1. The van der Waals surface area contributed by atoms with Crippen LogP contribution in [0.5, 0.6) is 0 Å². The average molecular weight is 395 g/mol. The standard InChI is InChI=1S/C22H30N6O/c1-26(11-12-29-3)22-21-20(27(2)16-24-21)13-19(25-22)18-6-9-28(10-7-18)15-17-5-4-8-23-14-17/h4-5,8,13-14,16,18H,6-7,9-12,15H2,1-3H3. The van der Waals surface area contributed by atoms with Crippen molar-refractivity contribution in [3.8, 4) is 0 Å². The van der Waals surface area contributed by atoms with E-state index in [4.69, 9.17) is 9.72 Å². The highest BCUT2D eigenvalue weighted by Gasteiger charge is 2.24. The number of likely N-dealkylation sites (tertiary alicyclic amines) is 1. The molecule has 1 aliphatic rings. The predicted molar refractivity (Wildman–Crippen MR) is 115 cm³/mol. The van der Waals surface area contributed by atoms with E-state index in [2.05, 4.69) is 50.6 Å². The van der Waals surface area contributed by atoms with Crippen LogP contribution < -0.4 is 4.90 Å². The first kappa shape index (κ1) is 19.8. The lowest BCUT2D eigenvalue weighted by Gasteiger charge is -2.32. The highest BCUT2D eigenvalue weighted by Crippen LogP contribution is 2.32. The van der Waals surface area contributed by atoms with Crippen molar-refractivity contribution in [1.82, 2.24) is 24.4 Å². The predicted octanol–water partition coefficient (Wildman–Crippen LogP) is 2.83. The fraction of sp³-hybridized carbons (Fsp3) is 0.500. The van der Waals surface area contributed by atoms with Crippen LogP contribution in [0.4, 0.5) is 5.82 Å². The molecule has 0 saturated carbocycles. The molecule has 0 atom stereocenters. The van der Waals surface area contributed by atoms with Crippen LogP contribution in [0.2, 0.25) is 0 Å². The van der Waals surface area contributed by atoms with E-state index in [-0.39, 0.29) is 0 Å². The molecule has 4 rings (SSSR count). The van der Waals surface area contributed by atoms with Gasteiger partial charge in [-0.05, 0) is 43.6 Å². The van der Waals surface area contributed by atoms with Gasteiger partial charge >= 0.3 is 0 Å². The average Bonchev–Trinajstić information content (AvgIpc) is 3.13. The molecule has 1 fully saturated rings. The number of likely N-dealkylation sites (N-methyl/N-ethyl adjacent to an activating group) is 1. The molecule has 1 saturated heterocycles. The van der Waals surface area contributed by atoms with E-state index < -0.39 is 0 Å². The van der Waals surface area contributed by atoms with Crippen LogP contribution in [0, 0.1) is 0 Å². The highest BCUT2D eigenvalue weighted by molar-refractivity contribution is 5.87. The monoisotopic (exact) mass is 394 g/mol. The van der Waals surface area contributed by atoms with Gasteiger partial charge in [0.1, 0.15) is 5.52 Å². The van der Waals surface area contributed by atoms with Crippen LogP contribution in [0.25, 0.3) is 11.0 Å². The number of hydrogen-bond acceptors (Lipinski definition) is 6. The Labute approximate surface area is 172 Å². The van der Waals surface area contributed by atoms with Gasteiger partial charge in [0.25, 0.3) is 0 Å². The molecule has 7 nitrogen and oxygen atoms in total. The Morgan fingerprint density at radius 2 is 2.10 bits per heavy atom. The SMILES string of the molecule is COCCN(C)c1nc(C2CCN(Cc3cccnc3)CC2)cc2c1ncn2C. The molecule has 0 N–H and O–H groups in total. The van der Waals surface area contributed by atoms with Crippen molar-refractivity contribution in [2.24, 2.45) is 7.05 Å². The van der Waals surface area contributed by atoms with Gasteiger partial charge in [-0.3, -0.25) is 9.88 Å². The number of piperidine rings is 1. The smallest absolute Gasteiger partial charge is 0.156 e. The van der Waals surface area contributed by atoms with Crippen LogP contribution >= 0.6 is 0 Å². The molecule has 3 aromatic heterocycles. The van der Waals surface area contributed by atoms with Gasteiger partial charge in [-0.25, -0.2) is 9.97 Å². The summed E-state index contributed by atoms with van der Waals surface area (Å²) in [5.74, 6) is 1.43. The van der Waals surface area contributed by atoms with Gasteiger partial charge in [-0.15, -0.1) is 0 Å². The van der Waals surface area contributed by atoms with Gasteiger partial charge < -0.3 is 14.2 Å². The van der Waals surface area contributed by atoms with Gasteiger partial charge in [-0.1, -0.05) is 6.07 Å². The highest BCUT2D eigenvalue weighted by atomic mass is 16.5. The van der Waals surface area contributed by atoms with Crippen molar-refractivity contribution < 1.29 is 4.74 Å². The zero-order valence-corrected chi connectivity index (χ0v) is 17.6. The topological polar surface area (TPSA) is 59.3 Å². The summed E-state index contributed by atoms with van der Waals surface area (Å²) in [6.07, 6.45) is 7.92. The normalized spacial score (nSPS) is 15.8. The first-order valence-corrected chi connectivity index (χ1v) is 10.3. The molecule has 4 heterocycles. The van der Waals surface area contributed by atoms with Crippen molar-refractivity contribution >= 4 is 16.9 Å². The molecule has 0 aromatic carbocycles. The molecule has 0 unspecified atom stereocenters. The molecule has 0 aliphatic carbocycles. The van der Waals surface area contributed by atoms with Crippen molar-refractivity contribution in [3.05, 3.63) is 48.2 Å². The van der Waals surface area contributed by atoms with E-state index in [0.29, 0.717) is 12.5 Å². The molecule has 3 aromatic rings. The summed E-state index contributed by atoms with van der Waals surface area (Å²) in [5, 5.41) is 0. The minimum absolute atomic E-state index is 0.481. The third-order valence-corrected chi connectivity index (χ3v) is 5.84. The molecular formula is C22H30N6O. The van der Waals surface area contributed by atoms with E-state index >= 15 is 0 Å². The molecule has 7 heteroatoms. The molecule has 0 radical (unpaired) electrons. The van der Waals surface area contributed by atoms with E-state index in [0.717, 1.165) is 55.9 Å². The number of aryl methyl sites for hydroxylation is 1. The summed E-state index contributed by atoms with van der Waals surface area (Å²) < 4.78 is 7.34. The summed E-state index contributed by atoms with van der Waals surface area (Å²) in [6, 6.07) is 6.40. The van der Waals surface area contributed by atoms with E-state index in [1.165, 1.54) is 11.3 Å². The summed E-state index contributed by atoms with van der Waals surface area (Å²) in [4.78, 5) is 18.6. The van der Waals surface area contributed by atoms with Gasteiger partial charge in [0.15, 0.2) is 5.82 Å². The van der Waals surface area contributed by atoms with Gasteiger partial charge in [-0.2, -0.15) is 0 Å². The maximum Gasteiger partial charge on any atom is 0.156 e. The second kappa shape index (κ2) is 8.88. The first-order valence-electron chi connectivity index (χ1n) is 10.3. The molecule has 0 amide bonds. The Hall–Kier alpha value is -2.51. The number of methoxy groups -OCH3 is 1. The second-order valence-corrected chi connectivity index (χ2v) is 7.92. The zero-order chi connectivity index (χ0) is 20.2. The molecular weight excluding hydrogens is 364 g/mol. The maximum atomic E-state index is 5.25. The van der Waals surface area contributed by atoms with Crippen molar-refractivity contribution in [2.45, 2.75) is 25.3 Å². The number of pyridine rings is 2. The van der Waals surface area contributed by atoms with Crippen molar-refractivity contribution in [2.75, 3.05) is 45.3 Å². The van der Waals surface area contributed by atoms with Crippen LogP contribution in [0.1, 0.15) is 30.0 Å². The minimum atomic E-state index is 0.481. The number of anilines is 1. The fourth-order valence-corrected chi connectivity index (χ4v) is 4.08. The number of rotatable bonds is 7. The van der Waals surface area contributed by atoms with Crippen LogP contribution in [0.3, 0.4) is 0 Å². The summed E-state index contributed by atoms with van der Waals surface area (Å²) >= 11 is 0. The van der Waals surface area contributed by atoms with E-state index in [9.17, 15) is 0 Å². The lowest BCUT2D eigenvalue weighted by atomic mass is 9.92. The third-order valence-electron chi connectivity index (χ3n) is 5.84. The Morgan fingerprint density at radius 1 is 1.28 bits per heavy atom. The fourth-order valence-electron chi connectivity index (χ4n) is 4.08. The lowest BCUT2D eigenvalue weighted by Crippen LogP contribution is -2.33. The number of aromatic nitrogens is 4. The Bertz CT molecular complexity index is 933. The third kappa shape index (κ3) is 4.41. The number of ether oxygens (including phenoxy) is 1. The molecule has 0 bridgehead atoms. The number of imidazole rings is 1. The van der Waals surface area contributed by atoms with Crippen LogP contribution in [0.15, 0.2) is 36.9 Å². The molecule has 29 heavy (non-hydrogen) atoms. The largest absolute Gasteiger partial charge is 0.383 e. The van der Waals surface area contributed by atoms with Gasteiger partial charge in [0.05, 0.1) is 18.5 Å². The van der Waals surface area contributed by atoms with E-state index in [1.54, 1.807) is 7.11 Å². The van der Waals surface area contributed by atoms with Crippen LogP contribution in [-0.4, -0.2) is 64.8 Å².